The summed E-state index contributed by atoms with van der Waals surface area (Å²) in [5.41, 5.74) is 3.85. The fourth-order valence-electron chi connectivity index (χ4n) is 3.14. The topological polar surface area (TPSA) is 51.5 Å². The second-order valence-electron chi connectivity index (χ2n) is 6.75. The molecule has 4 rings (SSSR count). The van der Waals surface area contributed by atoms with E-state index in [1.807, 2.05) is 78.4 Å². The average molecular weight is 404 g/mol. The third-order valence-electron chi connectivity index (χ3n) is 4.74. The highest BCUT2D eigenvalue weighted by Crippen LogP contribution is 2.33. The molecule has 1 saturated heterocycles. The summed E-state index contributed by atoms with van der Waals surface area (Å²) in [6, 6.07) is 19.3. The molecule has 29 heavy (non-hydrogen) atoms. The fourth-order valence-corrected chi connectivity index (χ4v) is 3.96. The third-order valence-corrected chi connectivity index (χ3v) is 5.65. The summed E-state index contributed by atoms with van der Waals surface area (Å²) in [4.78, 5) is 27.0. The minimum Gasteiger partial charge on any atom is -0.497 e. The highest BCUT2D eigenvalue weighted by molar-refractivity contribution is 8.18. The van der Waals surface area contributed by atoms with E-state index < -0.39 is 0 Å². The molecular weight excluding hydrogens is 384 g/mol. The lowest BCUT2D eigenvalue weighted by Gasteiger charge is -2.12. The molecule has 2 aromatic carbocycles. The Morgan fingerprint density at radius 3 is 2.41 bits per heavy atom. The van der Waals surface area contributed by atoms with Crippen LogP contribution >= 0.6 is 11.8 Å². The molecule has 0 saturated carbocycles. The molecule has 0 N–H and O–H groups in total. The molecular formula is C23H20N2O3S. The highest BCUT2D eigenvalue weighted by atomic mass is 32.2. The first-order chi connectivity index (χ1) is 14.0. The summed E-state index contributed by atoms with van der Waals surface area (Å²) in [5.74, 6) is 0.516. The zero-order valence-corrected chi connectivity index (χ0v) is 17.0. The number of aryl methyl sites for hydroxylation is 1. The third kappa shape index (κ3) is 3.98. The largest absolute Gasteiger partial charge is 0.497 e. The number of carbonyl (C=O) groups is 2. The van der Waals surface area contributed by atoms with Crippen molar-refractivity contribution < 1.29 is 14.3 Å². The van der Waals surface area contributed by atoms with Crippen LogP contribution in [0.1, 0.15) is 16.8 Å². The van der Waals surface area contributed by atoms with Crippen LogP contribution in [-0.2, 0) is 11.3 Å². The summed E-state index contributed by atoms with van der Waals surface area (Å²) in [7, 11) is 1.63. The lowest BCUT2D eigenvalue weighted by molar-refractivity contribution is -0.123. The van der Waals surface area contributed by atoms with Crippen LogP contribution in [0.3, 0.4) is 0 Å². The molecule has 1 fully saturated rings. The van der Waals surface area contributed by atoms with Crippen molar-refractivity contribution in [3.63, 3.8) is 0 Å². The number of rotatable bonds is 5. The van der Waals surface area contributed by atoms with E-state index in [0.29, 0.717) is 4.91 Å². The molecule has 0 atom stereocenters. The van der Waals surface area contributed by atoms with Crippen LogP contribution in [0.5, 0.6) is 5.75 Å². The Bertz CT molecular complexity index is 1080. The Morgan fingerprint density at radius 1 is 1.00 bits per heavy atom. The van der Waals surface area contributed by atoms with Gasteiger partial charge in [0.2, 0.25) is 0 Å². The smallest absolute Gasteiger partial charge is 0.293 e. The Morgan fingerprint density at radius 2 is 1.72 bits per heavy atom. The van der Waals surface area contributed by atoms with Crippen molar-refractivity contribution in [2.75, 3.05) is 7.11 Å². The Balaban J connectivity index is 1.57. The standard InChI is InChI=1S/C23H20N2O3S/c1-16-5-7-17(8-6-16)15-25-22(26)21(29-23(25)27)14-19-4-3-13-24(19)18-9-11-20(28-2)12-10-18/h3-14H,15H2,1-2H3/b21-14-. The number of ether oxygens (including phenoxy) is 1. The number of nitrogens with zero attached hydrogens (tertiary/aromatic N) is 2. The summed E-state index contributed by atoms with van der Waals surface area (Å²) in [5, 5.41) is -0.246. The van der Waals surface area contributed by atoms with Crippen molar-refractivity contribution in [3.8, 4) is 11.4 Å². The van der Waals surface area contributed by atoms with Gasteiger partial charge in [0, 0.05) is 17.6 Å². The molecule has 0 bridgehead atoms. The number of aromatic nitrogens is 1. The number of hydrogen-bond donors (Lipinski definition) is 0. The normalized spacial score (nSPS) is 15.4. The molecule has 5 nitrogen and oxygen atoms in total. The van der Waals surface area contributed by atoms with Gasteiger partial charge in [-0.1, -0.05) is 29.8 Å². The van der Waals surface area contributed by atoms with Gasteiger partial charge in [-0.2, -0.15) is 0 Å². The molecule has 2 amide bonds. The van der Waals surface area contributed by atoms with Crippen LogP contribution in [0, 0.1) is 6.92 Å². The van der Waals surface area contributed by atoms with Crippen LogP contribution < -0.4 is 4.74 Å². The van der Waals surface area contributed by atoms with Crippen LogP contribution in [0.4, 0.5) is 4.79 Å². The van der Waals surface area contributed by atoms with Gasteiger partial charge in [0.1, 0.15) is 5.75 Å². The van der Waals surface area contributed by atoms with Crippen molar-refractivity contribution in [1.29, 1.82) is 0 Å². The lowest BCUT2D eigenvalue weighted by atomic mass is 10.1. The van der Waals surface area contributed by atoms with Gasteiger partial charge in [-0.3, -0.25) is 14.5 Å². The SMILES string of the molecule is COc1ccc(-n2cccc2/C=C2\SC(=O)N(Cc3ccc(C)cc3)C2=O)cc1. The predicted octanol–water partition coefficient (Wildman–Crippen LogP) is 5.03. The van der Waals surface area contributed by atoms with E-state index in [9.17, 15) is 9.59 Å². The Labute approximate surface area is 173 Å². The molecule has 146 valence electrons. The summed E-state index contributed by atoms with van der Waals surface area (Å²) >= 11 is 0.978. The second-order valence-corrected chi connectivity index (χ2v) is 7.75. The minimum atomic E-state index is -0.261. The van der Waals surface area contributed by atoms with Gasteiger partial charge in [-0.15, -0.1) is 0 Å². The van der Waals surface area contributed by atoms with E-state index >= 15 is 0 Å². The summed E-state index contributed by atoms with van der Waals surface area (Å²) in [6.07, 6.45) is 3.69. The average Bonchev–Trinajstić information content (AvgIpc) is 3.30. The van der Waals surface area contributed by atoms with Crippen molar-refractivity contribution in [1.82, 2.24) is 9.47 Å². The summed E-state index contributed by atoms with van der Waals surface area (Å²) < 4.78 is 7.17. The molecule has 1 aliphatic heterocycles. The Kier molecular flexibility index (Phi) is 5.27. The van der Waals surface area contributed by atoms with Gasteiger partial charge in [0.25, 0.3) is 11.1 Å². The summed E-state index contributed by atoms with van der Waals surface area (Å²) in [6.45, 7) is 2.28. The number of amides is 2. The van der Waals surface area contributed by atoms with Crippen molar-refractivity contribution in [2.24, 2.45) is 0 Å². The zero-order valence-electron chi connectivity index (χ0n) is 16.2. The molecule has 1 aliphatic rings. The Hall–Kier alpha value is -3.25. The van der Waals surface area contributed by atoms with Crippen molar-refractivity contribution in [3.05, 3.63) is 88.6 Å². The predicted molar refractivity (Wildman–Crippen MR) is 115 cm³/mol. The van der Waals surface area contributed by atoms with Crippen LogP contribution in [0.2, 0.25) is 0 Å². The van der Waals surface area contributed by atoms with Crippen LogP contribution in [0.25, 0.3) is 11.8 Å². The van der Waals surface area contributed by atoms with Gasteiger partial charge >= 0.3 is 0 Å². The maximum atomic E-state index is 12.8. The van der Waals surface area contributed by atoms with E-state index in [-0.39, 0.29) is 17.7 Å². The second kappa shape index (κ2) is 8.01. The van der Waals surface area contributed by atoms with Gasteiger partial charge in [0.05, 0.1) is 18.6 Å². The molecule has 0 spiro atoms. The highest BCUT2D eigenvalue weighted by Gasteiger charge is 2.35. The minimum absolute atomic E-state index is 0.246. The molecule has 0 aliphatic carbocycles. The van der Waals surface area contributed by atoms with E-state index in [0.717, 1.165) is 40.0 Å². The first-order valence-corrected chi connectivity index (χ1v) is 9.99. The fraction of sp³-hybridized carbons (Fsp3) is 0.130. The maximum Gasteiger partial charge on any atom is 0.293 e. The lowest BCUT2D eigenvalue weighted by Crippen LogP contribution is -2.27. The number of carbonyl (C=O) groups excluding carboxylic acids is 2. The van der Waals surface area contributed by atoms with E-state index in [2.05, 4.69) is 0 Å². The van der Waals surface area contributed by atoms with Gasteiger partial charge in [-0.05, 0) is 66.7 Å². The number of hydrogen-bond acceptors (Lipinski definition) is 4. The molecule has 6 heteroatoms. The molecule has 0 unspecified atom stereocenters. The molecule has 0 radical (unpaired) electrons. The monoisotopic (exact) mass is 404 g/mol. The number of thioether (sulfide) groups is 1. The van der Waals surface area contributed by atoms with Crippen molar-refractivity contribution >= 4 is 29.0 Å². The van der Waals surface area contributed by atoms with Crippen LogP contribution in [-0.4, -0.2) is 27.7 Å². The first-order valence-electron chi connectivity index (χ1n) is 9.18. The van der Waals surface area contributed by atoms with Crippen LogP contribution in [0.15, 0.2) is 71.8 Å². The number of imide groups is 1. The van der Waals surface area contributed by atoms with E-state index in [4.69, 9.17) is 4.74 Å². The zero-order chi connectivity index (χ0) is 20.4. The van der Waals surface area contributed by atoms with Gasteiger partial charge in [-0.25, -0.2) is 0 Å². The van der Waals surface area contributed by atoms with E-state index in [1.165, 1.54) is 4.90 Å². The van der Waals surface area contributed by atoms with E-state index in [1.54, 1.807) is 13.2 Å². The molecule has 1 aromatic heterocycles. The van der Waals surface area contributed by atoms with Gasteiger partial charge < -0.3 is 9.30 Å². The van der Waals surface area contributed by atoms with Crippen molar-refractivity contribution in [2.45, 2.75) is 13.5 Å². The quantitative estimate of drug-likeness (QED) is 0.560. The number of methoxy groups -OCH3 is 1. The van der Waals surface area contributed by atoms with Gasteiger partial charge in [0.15, 0.2) is 0 Å². The molecule has 2 heterocycles. The maximum absolute atomic E-state index is 12.8. The first kappa shape index (κ1) is 19.1. The number of benzene rings is 2. The molecule has 3 aromatic rings.